The molecule has 0 bridgehead atoms. The molecule has 0 radical (unpaired) electrons. The predicted molar refractivity (Wildman–Crippen MR) is 59.3 cm³/mol. The molecule has 1 aliphatic rings. The summed E-state index contributed by atoms with van der Waals surface area (Å²) < 4.78 is 5.70. The fourth-order valence-electron chi connectivity index (χ4n) is 2.62. The summed E-state index contributed by atoms with van der Waals surface area (Å²) in [6.45, 7) is 5.25. The summed E-state index contributed by atoms with van der Waals surface area (Å²) in [7, 11) is 4.01. The smallest absolute Gasteiger partial charge is 0.0720 e. The number of nitrogens with zero attached hydrogens (tertiary/aromatic N) is 1. The molecule has 2 unspecified atom stereocenters. The molecular formula is C11H24N2O. The second-order valence-electron chi connectivity index (χ2n) is 4.70. The van der Waals surface area contributed by atoms with Gasteiger partial charge in [0.25, 0.3) is 0 Å². The van der Waals surface area contributed by atoms with Gasteiger partial charge in [-0.2, -0.15) is 0 Å². The van der Waals surface area contributed by atoms with Gasteiger partial charge < -0.3 is 15.4 Å². The number of rotatable bonds is 3. The number of hydrogen-bond acceptors (Lipinski definition) is 3. The zero-order chi connectivity index (χ0) is 10.8. The van der Waals surface area contributed by atoms with E-state index in [4.69, 9.17) is 10.5 Å². The van der Waals surface area contributed by atoms with Crippen molar-refractivity contribution in [2.75, 3.05) is 20.7 Å². The Hall–Kier alpha value is -0.120. The van der Waals surface area contributed by atoms with Crippen LogP contribution in [-0.2, 0) is 4.74 Å². The first-order chi connectivity index (χ1) is 6.54. The normalized spacial score (nSPS) is 40.1. The highest BCUT2D eigenvalue weighted by molar-refractivity contribution is 4.94. The second-order valence-corrected chi connectivity index (χ2v) is 4.70. The number of hydrogen-bond donors (Lipinski definition) is 1. The van der Waals surface area contributed by atoms with Crippen LogP contribution in [0.4, 0.5) is 0 Å². The molecule has 1 rings (SSSR count). The molecule has 1 aliphatic heterocycles. The quantitative estimate of drug-likeness (QED) is 0.744. The highest BCUT2D eigenvalue weighted by Gasteiger charge is 2.39. The minimum Gasteiger partial charge on any atom is -0.378 e. The zero-order valence-electron chi connectivity index (χ0n) is 9.92. The van der Waals surface area contributed by atoms with Crippen LogP contribution >= 0.6 is 0 Å². The maximum Gasteiger partial charge on any atom is 0.0720 e. The fraction of sp³-hybridized carbons (Fsp3) is 1.00. The molecule has 2 atom stereocenters. The fourth-order valence-corrected chi connectivity index (χ4v) is 2.62. The van der Waals surface area contributed by atoms with Crippen molar-refractivity contribution in [3.8, 4) is 0 Å². The van der Waals surface area contributed by atoms with Crippen LogP contribution < -0.4 is 5.73 Å². The second kappa shape index (κ2) is 4.60. The van der Waals surface area contributed by atoms with Crippen LogP contribution in [0.5, 0.6) is 0 Å². The van der Waals surface area contributed by atoms with Crippen molar-refractivity contribution in [2.45, 2.75) is 50.8 Å². The number of piperidine rings is 1. The Morgan fingerprint density at radius 3 is 2.21 bits per heavy atom. The molecule has 14 heavy (non-hydrogen) atoms. The average Bonchev–Trinajstić information content (AvgIpc) is 2.15. The Bertz CT molecular complexity index is 172. The average molecular weight is 200 g/mol. The van der Waals surface area contributed by atoms with Gasteiger partial charge in [-0.25, -0.2) is 0 Å². The van der Waals surface area contributed by atoms with E-state index < -0.39 is 0 Å². The van der Waals surface area contributed by atoms with Gasteiger partial charge in [0.05, 0.1) is 5.60 Å². The van der Waals surface area contributed by atoms with Gasteiger partial charge in [-0.15, -0.1) is 0 Å². The first kappa shape index (κ1) is 12.0. The first-order valence-electron chi connectivity index (χ1n) is 5.52. The highest BCUT2D eigenvalue weighted by Crippen LogP contribution is 2.34. The van der Waals surface area contributed by atoms with Crippen molar-refractivity contribution in [2.24, 2.45) is 5.73 Å². The van der Waals surface area contributed by atoms with Crippen LogP contribution in [0.15, 0.2) is 0 Å². The molecule has 0 aromatic rings. The minimum atomic E-state index is 0.0279. The Kier molecular flexibility index (Phi) is 3.93. The van der Waals surface area contributed by atoms with Crippen molar-refractivity contribution in [3.63, 3.8) is 0 Å². The van der Waals surface area contributed by atoms with Crippen molar-refractivity contribution < 1.29 is 4.74 Å². The molecule has 0 amide bonds. The number of methoxy groups -OCH3 is 1. The number of nitrogens with two attached hydrogens (primary N) is 1. The lowest BCUT2D eigenvalue weighted by atomic mass is 9.81. The van der Waals surface area contributed by atoms with Crippen LogP contribution in [0.1, 0.15) is 33.1 Å². The highest BCUT2D eigenvalue weighted by atomic mass is 16.5. The van der Waals surface area contributed by atoms with Crippen molar-refractivity contribution in [1.29, 1.82) is 0 Å². The predicted octanol–water partition coefficient (Wildman–Crippen LogP) is 1.22. The van der Waals surface area contributed by atoms with Crippen molar-refractivity contribution >= 4 is 0 Å². The third-order valence-corrected chi connectivity index (χ3v) is 3.76. The molecule has 0 spiro atoms. The van der Waals surface area contributed by atoms with Crippen LogP contribution in [-0.4, -0.2) is 43.3 Å². The van der Waals surface area contributed by atoms with Crippen LogP contribution in [0.25, 0.3) is 0 Å². The first-order valence-corrected chi connectivity index (χ1v) is 5.52. The molecule has 0 saturated carbocycles. The molecule has 2 N–H and O–H groups in total. The summed E-state index contributed by atoms with van der Waals surface area (Å²) in [6.07, 6.45) is 3.18. The lowest BCUT2D eigenvalue weighted by Crippen LogP contribution is -2.53. The Morgan fingerprint density at radius 1 is 1.36 bits per heavy atom. The lowest BCUT2D eigenvalue weighted by molar-refractivity contribution is -0.0895. The summed E-state index contributed by atoms with van der Waals surface area (Å²) in [5.41, 5.74) is 5.68. The van der Waals surface area contributed by atoms with Gasteiger partial charge in [-0.1, -0.05) is 0 Å². The van der Waals surface area contributed by atoms with E-state index >= 15 is 0 Å². The van der Waals surface area contributed by atoms with Gasteiger partial charge in [0.15, 0.2) is 0 Å². The van der Waals surface area contributed by atoms with E-state index in [0.29, 0.717) is 12.1 Å². The van der Waals surface area contributed by atoms with Gasteiger partial charge >= 0.3 is 0 Å². The molecule has 3 heteroatoms. The Balaban J connectivity index is 2.70. The summed E-state index contributed by atoms with van der Waals surface area (Å²) in [6, 6.07) is 1.18. The largest absolute Gasteiger partial charge is 0.378 e. The van der Waals surface area contributed by atoms with E-state index in [0.717, 1.165) is 25.8 Å². The van der Waals surface area contributed by atoms with Crippen molar-refractivity contribution in [3.05, 3.63) is 0 Å². The van der Waals surface area contributed by atoms with Crippen LogP contribution in [0.2, 0.25) is 0 Å². The molecule has 84 valence electrons. The van der Waals surface area contributed by atoms with E-state index in [-0.39, 0.29) is 5.60 Å². The Labute approximate surface area is 87.6 Å². The van der Waals surface area contributed by atoms with Gasteiger partial charge in [0.1, 0.15) is 0 Å². The topological polar surface area (TPSA) is 38.5 Å². The number of ether oxygens (including phenoxy) is 1. The summed E-state index contributed by atoms with van der Waals surface area (Å²) in [4.78, 5) is 2.42. The van der Waals surface area contributed by atoms with E-state index in [2.05, 4.69) is 25.8 Å². The molecular weight excluding hydrogens is 176 g/mol. The van der Waals surface area contributed by atoms with Crippen LogP contribution in [0.3, 0.4) is 0 Å². The van der Waals surface area contributed by atoms with Gasteiger partial charge in [0.2, 0.25) is 0 Å². The maximum atomic E-state index is 5.70. The molecule has 0 aliphatic carbocycles. The zero-order valence-corrected chi connectivity index (χ0v) is 9.92. The SMILES string of the molecule is COC1(CCN)CC(C)N(C)C(C)C1. The summed E-state index contributed by atoms with van der Waals surface area (Å²) in [5, 5.41) is 0. The van der Waals surface area contributed by atoms with Crippen LogP contribution in [0, 0.1) is 0 Å². The van der Waals surface area contributed by atoms with Gasteiger partial charge in [-0.3, -0.25) is 0 Å². The molecule has 1 fully saturated rings. The summed E-state index contributed by atoms with van der Waals surface area (Å²) in [5.74, 6) is 0. The molecule has 3 nitrogen and oxygen atoms in total. The van der Waals surface area contributed by atoms with E-state index in [1.54, 1.807) is 0 Å². The lowest BCUT2D eigenvalue weighted by Gasteiger charge is -2.47. The van der Waals surface area contributed by atoms with Gasteiger partial charge in [0, 0.05) is 19.2 Å². The van der Waals surface area contributed by atoms with E-state index in [1.165, 1.54) is 0 Å². The third kappa shape index (κ3) is 2.27. The number of likely N-dealkylation sites (tertiary alicyclic amines) is 1. The Morgan fingerprint density at radius 2 is 1.86 bits per heavy atom. The van der Waals surface area contributed by atoms with Gasteiger partial charge in [-0.05, 0) is 46.7 Å². The molecule has 0 aromatic heterocycles. The maximum absolute atomic E-state index is 5.70. The molecule has 1 heterocycles. The minimum absolute atomic E-state index is 0.0279. The van der Waals surface area contributed by atoms with E-state index in [9.17, 15) is 0 Å². The molecule has 1 saturated heterocycles. The monoisotopic (exact) mass is 200 g/mol. The third-order valence-electron chi connectivity index (χ3n) is 3.76. The van der Waals surface area contributed by atoms with E-state index in [1.807, 2.05) is 7.11 Å². The molecule has 0 aromatic carbocycles. The van der Waals surface area contributed by atoms with Crippen molar-refractivity contribution in [1.82, 2.24) is 4.90 Å². The summed E-state index contributed by atoms with van der Waals surface area (Å²) >= 11 is 0. The standard InChI is InChI=1S/C11H24N2O/c1-9-7-11(14-4,5-6-12)8-10(2)13(9)3/h9-10H,5-8,12H2,1-4H3.